The monoisotopic (exact) mass is 466 g/mol. The summed E-state index contributed by atoms with van der Waals surface area (Å²) in [5.74, 6) is -1.18. The average molecular weight is 467 g/mol. The number of carbonyl (C=O) groups excluding carboxylic acids is 2. The van der Waals surface area contributed by atoms with Gasteiger partial charge in [-0.25, -0.2) is 4.79 Å². The van der Waals surface area contributed by atoms with Crippen LogP contribution < -0.4 is 5.32 Å². The molecule has 4 rings (SSSR count). The molecule has 2 aliphatic rings. The van der Waals surface area contributed by atoms with Crippen LogP contribution in [0.15, 0.2) is 48.5 Å². The van der Waals surface area contributed by atoms with Crippen LogP contribution in [0.5, 0.6) is 0 Å². The highest BCUT2D eigenvalue weighted by atomic mass is 16.6. The molecule has 0 spiro atoms. The molecule has 0 aromatic heterocycles. The summed E-state index contributed by atoms with van der Waals surface area (Å²) in [6.07, 6.45) is -0.509. The van der Waals surface area contributed by atoms with Crippen molar-refractivity contribution in [2.45, 2.75) is 44.2 Å². The Morgan fingerprint density at radius 1 is 1.09 bits per heavy atom. The van der Waals surface area contributed by atoms with Crippen molar-refractivity contribution >= 4 is 18.0 Å². The Morgan fingerprint density at radius 3 is 2.35 bits per heavy atom. The normalized spacial score (nSPS) is 18.7. The molecule has 0 saturated carbocycles. The highest BCUT2D eigenvalue weighted by Crippen LogP contribution is 2.44. The molecule has 1 aliphatic carbocycles. The van der Waals surface area contributed by atoms with E-state index in [2.05, 4.69) is 29.6 Å². The van der Waals surface area contributed by atoms with Crippen LogP contribution in [0.3, 0.4) is 0 Å². The molecule has 0 unspecified atom stereocenters. The summed E-state index contributed by atoms with van der Waals surface area (Å²) in [5.41, 5.74) is 4.58. The van der Waals surface area contributed by atoms with E-state index in [0.29, 0.717) is 32.5 Å². The summed E-state index contributed by atoms with van der Waals surface area (Å²) in [4.78, 5) is 37.9. The van der Waals surface area contributed by atoms with Crippen molar-refractivity contribution < 1.29 is 29.0 Å². The third kappa shape index (κ3) is 5.07. The van der Waals surface area contributed by atoms with Crippen LogP contribution in [0, 0.1) is 0 Å². The van der Waals surface area contributed by atoms with E-state index in [4.69, 9.17) is 14.6 Å². The number of hydrogen-bond acceptors (Lipinski definition) is 5. The highest BCUT2D eigenvalue weighted by Gasteiger charge is 2.38. The van der Waals surface area contributed by atoms with Gasteiger partial charge in [-0.15, -0.1) is 0 Å². The minimum absolute atomic E-state index is 0.00324. The lowest BCUT2D eigenvalue weighted by atomic mass is 9.98. The first kappa shape index (κ1) is 23.8. The third-order valence-corrected chi connectivity index (χ3v) is 6.49. The van der Waals surface area contributed by atoms with Crippen LogP contribution in [0.2, 0.25) is 0 Å². The van der Waals surface area contributed by atoms with Gasteiger partial charge < -0.3 is 24.8 Å². The van der Waals surface area contributed by atoms with E-state index in [-0.39, 0.29) is 24.9 Å². The molecule has 1 fully saturated rings. The first-order valence-electron chi connectivity index (χ1n) is 11.7. The molecule has 0 bridgehead atoms. The average Bonchev–Trinajstić information content (AvgIpc) is 3.42. The molecule has 1 aliphatic heterocycles. The zero-order valence-corrected chi connectivity index (χ0v) is 19.2. The van der Waals surface area contributed by atoms with Crippen LogP contribution in [-0.4, -0.2) is 66.4 Å². The molecule has 1 saturated heterocycles. The number of carbonyl (C=O) groups is 3. The van der Waals surface area contributed by atoms with Gasteiger partial charge in [0, 0.05) is 32.0 Å². The molecule has 2 N–H and O–H groups in total. The molecular formula is C26H30N2O6. The van der Waals surface area contributed by atoms with Gasteiger partial charge in [-0.05, 0) is 42.0 Å². The number of aliphatic carboxylic acids is 1. The van der Waals surface area contributed by atoms with Gasteiger partial charge in [0.05, 0.1) is 6.04 Å². The molecule has 8 heteroatoms. The predicted octanol–water partition coefficient (Wildman–Crippen LogP) is 3.40. The Morgan fingerprint density at radius 2 is 1.74 bits per heavy atom. The Balaban J connectivity index is 1.35. The Labute approximate surface area is 198 Å². The number of ether oxygens (including phenoxy) is 2. The number of carboxylic acids is 1. The number of fused-ring (bicyclic) bond motifs is 3. The van der Waals surface area contributed by atoms with E-state index in [1.165, 1.54) is 0 Å². The Hall–Kier alpha value is -3.39. The summed E-state index contributed by atoms with van der Waals surface area (Å²) in [6.45, 7) is 3.16. The molecule has 2 aromatic rings. The molecule has 1 heterocycles. The van der Waals surface area contributed by atoms with Gasteiger partial charge in [-0.3, -0.25) is 9.59 Å². The topological polar surface area (TPSA) is 105 Å². The first-order valence-corrected chi connectivity index (χ1v) is 11.7. The van der Waals surface area contributed by atoms with Crippen LogP contribution in [-0.2, 0) is 19.1 Å². The number of nitrogens with zero attached hydrogens (tertiary/aromatic N) is 1. The number of rotatable bonds is 9. The van der Waals surface area contributed by atoms with Gasteiger partial charge in [0.2, 0.25) is 0 Å². The number of carboxylic acid groups (broad SMARTS) is 1. The maximum Gasteiger partial charge on any atom is 0.407 e. The lowest BCUT2D eigenvalue weighted by Gasteiger charge is -2.27. The maximum atomic E-state index is 12.9. The van der Waals surface area contributed by atoms with Crippen molar-refractivity contribution in [3.8, 4) is 11.1 Å². The number of likely N-dealkylation sites (N-methyl/N-ethyl adjacent to an activating group) is 1. The van der Waals surface area contributed by atoms with Crippen LogP contribution in [0.1, 0.15) is 43.2 Å². The fourth-order valence-corrected chi connectivity index (χ4v) is 4.80. The SMILES string of the molecule is CCN(CCCC(=O)O)C(=O)[C@@H]1OCC[C@@H]1NC(=O)OCC1c2ccccc2-c2ccccc21. The van der Waals surface area contributed by atoms with Crippen LogP contribution in [0.25, 0.3) is 11.1 Å². The molecule has 0 radical (unpaired) electrons. The fraction of sp³-hybridized carbons (Fsp3) is 0.423. The summed E-state index contributed by atoms with van der Waals surface area (Å²) < 4.78 is 11.2. The van der Waals surface area contributed by atoms with Crippen molar-refractivity contribution in [2.24, 2.45) is 0 Å². The number of alkyl carbamates (subject to hydrolysis) is 1. The second-order valence-corrected chi connectivity index (χ2v) is 8.57. The van der Waals surface area contributed by atoms with Crippen molar-refractivity contribution in [1.82, 2.24) is 10.2 Å². The molecule has 8 nitrogen and oxygen atoms in total. The van der Waals surface area contributed by atoms with Gasteiger partial charge in [-0.1, -0.05) is 48.5 Å². The Bertz CT molecular complexity index is 1010. The number of nitrogens with one attached hydrogen (secondary N) is 1. The quantitative estimate of drug-likeness (QED) is 0.587. The maximum absolute atomic E-state index is 12.9. The Kier molecular flexibility index (Phi) is 7.47. The lowest BCUT2D eigenvalue weighted by Crippen LogP contribution is -2.50. The predicted molar refractivity (Wildman–Crippen MR) is 125 cm³/mol. The van der Waals surface area contributed by atoms with Gasteiger partial charge >= 0.3 is 12.1 Å². The van der Waals surface area contributed by atoms with Gasteiger partial charge in [-0.2, -0.15) is 0 Å². The summed E-state index contributed by atoms with van der Waals surface area (Å²) in [6, 6.07) is 15.8. The lowest BCUT2D eigenvalue weighted by molar-refractivity contribution is -0.142. The summed E-state index contributed by atoms with van der Waals surface area (Å²) >= 11 is 0. The number of amides is 2. The summed E-state index contributed by atoms with van der Waals surface area (Å²) in [7, 11) is 0. The molecule has 2 atom stereocenters. The molecule has 180 valence electrons. The summed E-state index contributed by atoms with van der Waals surface area (Å²) in [5, 5.41) is 11.6. The highest BCUT2D eigenvalue weighted by molar-refractivity contribution is 5.83. The minimum Gasteiger partial charge on any atom is -0.481 e. The molecule has 2 amide bonds. The third-order valence-electron chi connectivity index (χ3n) is 6.49. The molecule has 2 aromatic carbocycles. The van der Waals surface area contributed by atoms with Crippen molar-refractivity contribution in [3.05, 3.63) is 59.7 Å². The van der Waals surface area contributed by atoms with Gasteiger partial charge in [0.15, 0.2) is 6.10 Å². The smallest absolute Gasteiger partial charge is 0.407 e. The molecular weight excluding hydrogens is 436 g/mol. The van der Waals surface area contributed by atoms with E-state index in [1.54, 1.807) is 4.90 Å². The molecule has 34 heavy (non-hydrogen) atoms. The van der Waals surface area contributed by atoms with Crippen LogP contribution >= 0.6 is 0 Å². The second kappa shape index (κ2) is 10.7. The second-order valence-electron chi connectivity index (χ2n) is 8.57. The first-order chi connectivity index (χ1) is 16.5. The number of benzene rings is 2. The van der Waals surface area contributed by atoms with Crippen molar-refractivity contribution in [3.63, 3.8) is 0 Å². The van der Waals surface area contributed by atoms with Crippen LogP contribution in [0.4, 0.5) is 4.79 Å². The zero-order chi connectivity index (χ0) is 24.1. The van der Waals surface area contributed by atoms with Crippen molar-refractivity contribution in [2.75, 3.05) is 26.3 Å². The van der Waals surface area contributed by atoms with E-state index in [1.807, 2.05) is 31.2 Å². The van der Waals surface area contributed by atoms with Gasteiger partial charge in [0.25, 0.3) is 5.91 Å². The van der Waals surface area contributed by atoms with E-state index >= 15 is 0 Å². The zero-order valence-electron chi connectivity index (χ0n) is 19.2. The fourth-order valence-electron chi connectivity index (χ4n) is 4.80. The van der Waals surface area contributed by atoms with E-state index in [0.717, 1.165) is 22.3 Å². The standard InChI is InChI=1S/C26H30N2O6/c1-2-28(14-7-12-23(29)30)25(31)24-22(13-15-33-24)27-26(32)34-16-21-19-10-5-3-8-17(19)18-9-4-6-11-20(18)21/h3-6,8-11,21-22,24H,2,7,12-16H2,1H3,(H,27,32)(H,29,30)/t22-,24+/m0/s1. The van der Waals surface area contributed by atoms with Crippen molar-refractivity contribution in [1.29, 1.82) is 0 Å². The largest absolute Gasteiger partial charge is 0.481 e. The minimum atomic E-state index is -0.893. The number of hydrogen-bond donors (Lipinski definition) is 2. The van der Waals surface area contributed by atoms with Gasteiger partial charge in [0.1, 0.15) is 6.61 Å². The van der Waals surface area contributed by atoms with E-state index in [9.17, 15) is 14.4 Å². The van der Waals surface area contributed by atoms with E-state index < -0.39 is 24.2 Å².